The second kappa shape index (κ2) is 6.31. The normalized spacial score (nSPS) is 14.2. The summed E-state index contributed by atoms with van der Waals surface area (Å²) in [6, 6.07) is 10.3. The quantitative estimate of drug-likeness (QED) is 0.711. The van der Waals surface area contributed by atoms with Crippen LogP contribution in [-0.4, -0.2) is 12.6 Å². The van der Waals surface area contributed by atoms with Crippen molar-refractivity contribution >= 4 is 5.97 Å². The van der Waals surface area contributed by atoms with Gasteiger partial charge in [0.15, 0.2) is 0 Å². The first-order chi connectivity index (χ1) is 7.65. The summed E-state index contributed by atoms with van der Waals surface area (Å²) in [5.74, 6) is 0.588. The van der Waals surface area contributed by atoms with Crippen LogP contribution in [0.1, 0.15) is 38.7 Å². The molecule has 1 rings (SSSR count). The Bertz CT molecular complexity index is 319. The molecular weight excluding hydrogens is 200 g/mol. The third-order valence-electron chi connectivity index (χ3n) is 2.97. The molecule has 0 bridgehead atoms. The maximum atomic E-state index is 11.4. The van der Waals surface area contributed by atoms with E-state index in [4.69, 9.17) is 4.74 Å². The minimum absolute atomic E-state index is 0.0993. The second-order valence-electron chi connectivity index (χ2n) is 4.19. The molecule has 88 valence electrons. The lowest BCUT2D eigenvalue weighted by molar-refractivity contribution is -0.144. The highest BCUT2D eigenvalue weighted by molar-refractivity contribution is 5.69. The molecule has 0 fully saturated rings. The van der Waals surface area contributed by atoms with E-state index in [0.29, 0.717) is 24.9 Å². The number of hydrogen-bond acceptors (Lipinski definition) is 2. The first kappa shape index (κ1) is 12.8. The van der Waals surface area contributed by atoms with Crippen LogP contribution in [0.3, 0.4) is 0 Å². The number of carbonyl (C=O) groups excluding carboxylic acids is 1. The smallest absolute Gasteiger partial charge is 0.306 e. The fourth-order valence-corrected chi connectivity index (χ4v) is 1.74. The minimum atomic E-state index is -0.0993. The van der Waals surface area contributed by atoms with Crippen molar-refractivity contribution in [3.8, 4) is 0 Å². The van der Waals surface area contributed by atoms with E-state index in [9.17, 15) is 4.79 Å². The number of ether oxygens (including phenoxy) is 1. The van der Waals surface area contributed by atoms with Crippen LogP contribution in [0.4, 0.5) is 0 Å². The molecule has 2 nitrogen and oxygen atoms in total. The van der Waals surface area contributed by atoms with Gasteiger partial charge in [-0.05, 0) is 24.3 Å². The van der Waals surface area contributed by atoms with Crippen molar-refractivity contribution in [2.45, 2.75) is 33.1 Å². The standard InChI is InChI=1S/C14H20O2/c1-4-16-14(15)10-11(2)12(3)13-8-6-5-7-9-13/h5-9,11-12H,4,10H2,1-3H3/t11-,12-/m0/s1. The molecule has 0 aliphatic carbocycles. The van der Waals surface area contributed by atoms with Crippen LogP contribution in [0, 0.1) is 5.92 Å². The number of hydrogen-bond donors (Lipinski definition) is 0. The largest absolute Gasteiger partial charge is 0.466 e. The Morgan fingerprint density at radius 1 is 1.25 bits per heavy atom. The van der Waals surface area contributed by atoms with Crippen molar-refractivity contribution in [3.63, 3.8) is 0 Å². The van der Waals surface area contributed by atoms with Gasteiger partial charge in [-0.25, -0.2) is 0 Å². The zero-order valence-electron chi connectivity index (χ0n) is 10.3. The lowest BCUT2D eigenvalue weighted by Crippen LogP contribution is -2.14. The molecule has 0 N–H and O–H groups in total. The van der Waals surface area contributed by atoms with E-state index in [-0.39, 0.29) is 5.97 Å². The average Bonchev–Trinajstić information content (AvgIpc) is 2.29. The number of esters is 1. The summed E-state index contributed by atoms with van der Waals surface area (Å²) in [7, 11) is 0. The molecule has 2 atom stereocenters. The van der Waals surface area contributed by atoms with Gasteiger partial charge in [0.05, 0.1) is 6.61 Å². The molecule has 1 aromatic carbocycles. The molecule has 0 aliphatic rings. The van der Waals surface area contributed by atoms with Crippen LogP contribution in [0.2, 0.25) is 0 Å². The molecule has 0 spiro atoms. The van der Waals surface area contributed by atoms with E-state index in [1.165, 1.54) is 5.56 Å². The van der Waals surface area contributed by atoms with Gasteiger partial charge in [0, 0.05) is 6.42 Å². The molecular formula is C14H20O2. The van der Waals surface area contributed by atoms with Crippen LogP contribution in [0.25, 0.3) is 0 Å². The van der Waals surface area contributed by atoms with Crippen molar-refractivity contribution in [3.05, 3.63) is 35.9 Å². The Morgan fingerprint density at radius 2 is 1.88 bits per heavy atom. The molecule has 16 heavy (non-hydrogen) atoms. The second-order valence-corrected chi connectivity index (χ2v) is 4.19. The summed E-state index contributed by atoms with van der Waals surface area (Å²) in [6.45, 7) is 6.54. The third-order valence-corrected chi connectivity index (χ3v) is 2.97. The molecule has 2 heteroatoms. The highest BCUT2D eigenvalue weighted by Gasteiger charge is 2.17. The summed E-state index contributed by atoms with van der Waals surface area (Å²) in [5.41, 5.74) is 1.28. The molecule has 0 aromatic heterocycles. The Morgan fingerprint density at radius 3 is 2.44 bits per heavy atom. The van der Waals surface area contributed by atoms with E-state index in [0.717, 1.165) is 0 Å². The zero-order chi connectivity index (χ0) is 12.0. The van der Waals surface area contributed by atoms with Gasteiger partial charge >= 0.3 is 5.97 Å². The van der Waals surface area contributed by atoms with Gasteiger partial charge in [0.2, 0.25) is 0 Å². The molecule has 0 amide bonds. The highest BCUT2D eigenvalue weighted by atomic mass is 16.5. The van der Waals surface area contributed by atoms with Gasteiger partial charge in [-0.1, -0.05) is 44.2 Å². The lowest BCUT2D eigenvalue weighted by atomic mass is 9.87. The summed E-state index contributed by atoms with van der Waals surface area (Å²) < 4.78 is 4.96. The SMILES string of the molecule is CCOC(=O)C[C@H](C)[C@H](C)c1ccccc1. The van der Waals surface area contributed by atoms with Gasteiger partial charge < -0.3 is 4.74 Å². The van der Waals surface area contributed by atoms with Gasteiger partial charge in [-0.3, -0.25) is 4.79 Å². The Labute approximate surface area is 97.6 Å². The van der Waals surface area contributed by atoms with Crippen molar-refractivity contribution in [1.29, 1.82) is 0 Å². The van der Waals surface area contributed by atoms with E-state index in [1.807, 2.05) is 25.1 Å². The Kier molecular flexibility index (Phi) is 5.03. The first-order valence-electron chi connectivity index (χ1n) is 5.85. The van der Waals surface area contributed by atoms with Crippen LogP contribution in [-0.2, 0) is 9.53 Å². The van der Waals surface area contributed by atoms with Gasteiger partial charge in [-0.15, -0.1) is 0 Å². The van der Waals surface area contributed by atoms with Gasteiger partial charge in [-0.2, -0.15) is 0 Å². The number of benzene rings is 1. The topological polar surface area (TPSA) is 26.3 Å². The van der Waals surface area contributed by atoms with Crippen LogP contribution < -0.4 is 0 Å². The average molecular weight is 220 g/mol. The highest BCUT2D eigenvalue weighted by Crippen LogP contribution is 2.26. The van der Waals surface area contributed by atoms with Crippen LogP contribution in [0.5, 0.6) is 0 Å². The maximum Gasteiger partial charge on any atom is 0.306 e. The molecule has 0 unspecified atom stereocenters. The summed E-state index contributed by atoms with van der Waals surface area (Å²) in [5, 5.41) is 0. The molecule has 0 aliphatic heterocycles. The van der Waals surface area contributed by atoms with Crippen molar-refractivity contribution in [2.24, 2.45) is 5.92 Å². The first-order valence-corrected chi connectivity index (χ1v) is 5.85. The van der Waals surface area contributed by atoms with E-state index in [1.54, 1.807) is 0 Å². The molecule has 0 saturated heterocycles. The van der Waals surface area contributed by atoms with Crippen LogP contribution >= 0.6 is 0 Å². The van der Waals surface area contributed by atoms with E-state index in [2.05, 4.69) is 26.0 Å². The van der Waals surface area contributed by atoms with E-state index >= 15 is 0 Å². The predicted octanol–water partition coefficient (Wildman–Crippen LogP) is 3.38. The molecule has 0 radical (unpaired) electrons. The number of rotatable bonds is 5. The van der Waals surface area contributed by atoms with Gasteiger partial charge in [0.1, 0.15) is 0 Å². The van der Waals surface area contributed by atoms with Crippen molar-refractivity contribution < 1.29 is 9.53 Å². The minimum Gasteiger partial charge on any atom is -0.466 e. The molecule has 1 aromatic rings. The zero-order valence-corrected chi connectivity index (χ0v) is 10.3. The van der Waals surface area contributed by atoms with Crippen molar-refractivity contribution in [1.82, 2.24) is 0 Å². The lowest BCUT2D eigenvalue weighted by Gasteiger charge is -2.19. The third kappa shape index (κ3) is 3.69. The summed E-state index contributed by atoms with van der Waals surface area (Å²) in [6.07, 6.45) is 0.490. The van der Waals surface area contributed by atoms with Gasteiger partial charge in [0.25, 0.3) is 0 Å². The predicted molar refractivity (Wildman–Crippen MR) is 65.3 cm³/mol. The monoisotopic (exact) mass is 220 g/mol. The molecule has 0 saturated carbocycles. The van der Waals surface area contributed by atoms with Crippen LogP contribution in [0.15, 0.2) is 30.3 Å². The maximum absolute atomic E-state index is 11.4. The summed E-state index contributed by atoms with van der Waals surface area (Å²) in [4.78, 5) is 11.4. The number of carbonyl (C=O) groups is 1. The fraction of sp³-hybridized carbons (Fsp3) is 0.500. The summed E-state index contributed by atoms with van der Waals surface area (Å²) >= 11 is 0. The van der Waals surface area contributed by atoms with E-state index < -0.39 is 0 Å². The Hall–Kier alpha value is -1.31. The molecule has 0 heterocycles. The van der Waals surface area contributed by atoms with Crippen molar-refractivity contribution in [2.75, 3.05) is 6.61 Å². The fourth-order valence-electron chi connectivity index (χ4n) is 1.74. The Balaban J connectivity index is 2.54.